The molecule has 1 unspecified atom stereocenters. The molecule has 0 saturated carbocycles. The lowest BCUT2D eigenvalue weighted by Gasteiger charge is -2.27. The van der Waals surface area contributed by atoms with Crippen LogP contribution in [-0.4, -0.2) is 53.9 Å². The van der Waals surface area contributed by atoms with Gasteiger partial charge < -0.3 is 27.2 Å². The summed E-state index contributed by atoms with van der Waals surface area (Å²) in [6.45, 7) is 2.32. The second-order valence-corrected chi connectivity index (χ2v) is 8.47. The zero-order valence-electron chi connectivity index (χ0n) is 16.0. The number of methoxy groups -OCH3 is 1. The van der Waals surface area contributed by atoms with Crippen LogP contribution in [0, 0.1) is 6.92 Å². The number of nitrogens with one attached hydrogen (secondary N) is 1. The summed E-state index contributed by atoms with van der Waals surface area (Å²) in [5.74, 6) is 0.639. The van der Waals surface area contributed by atoms with Crippen LogP contribution in [0.1, 0.15) is 5.56 Å². The van der Waals surface area contributed by atoms with Gasteiger partial charge in [-0.05, 0) is 43.3 Å². The Bertz CT molecular complexity index is 809. The predicted octanol–water partition coefficient (Wildman–Crippen LogP) is -2.29. The average Bonchev–Trinajstić information content (AvgIpc) is 2.59. The zero-order chi connectivity index (χ0) is 19.3. The maximum absolute atomic E-state index is 13.2. The van der Waals surface area contributed by atoms with Crippen molar-refractivity contribution >= 4 is 15.7 Å². The van der Waals surface area contributed by atoms with Gasteiger partial charge in [0.05, 0.1) is 38.3 Å². The van der Waals surface area contributed by atoms with Crippen molar-refractivity contribution in [2.45, 2.75) is 17.9 Å². The molecular formula is C19H27ClN2O4S. The number of nitrogens with zero attached hydrogens (tertiary/aromatic N) is 1. The van der Waals surface area contributed by atoms with Crippen molar-refractivity contribution in [3.05, 3.63) is 54.1 Å². The van der Waals surface area contributed by atoms with Crippen LogP contribution >= 0.6 is 0 Å². The molecule has 2 rings (SSSR count). The van der Waals surface area contributed by atoms with Crippen LogP contribution in [0.4, 0.5) is 5.69 Å². The third-order valence-electron chi connectivity index (χ3n) is 3.99. The molecule has 0 spiro atoms. The molecule has 0 aromatic heterocycles. The third-order valence-corrected chi connectivity index (χ3v) is 5.80. The third kappa shape index (κ3) is 6.10. The van der Waals surface area contributed by atoms with Gasteiger partial charge in [-0.1, -0.05) is 17.7 Å². The average molecular weight is 415 g/mol. The van der Waals surface area contributed by atoms with Crippen molar-refractivity contribution in [1.29, 1.82) is 0 Å². The van der Waals surface area contributed by atoms with E-state index >= 15 is 0 Å². The SMILES string of the molecule is COc1ccc(N(CC(O)C[NH+](C)C)S(=O)(=O)c2ccc(C)cc2)cc1.[Cl-]. The molecule has 2 N–H and O–H groups in total. The highest BCUT2D eigenvalue weighted by Crippen LogP contribution is 2.26. The van der Waals surface area contributed by atoms with Crippen LogP contribution in [0.2, 0.25) is 0 Å². The minimum atomic E-state index is -3.80. The summed E-state index contributed by atoms with van der Waals surface area (Å²) >= 11 is 0. The minimum Gasteiger partial charge on any atom is -1.00 e. The van der Waals surface area contributed by atoms with E-state index in [0.29, 0.717) is 18.0 Å². The number of aliphatic hydroxyl groups excluding tert-OH is 1. The van der Waals surface area contributed by atoms with Gasteiger partial charge in [-0.25, -0.2) is 8.42 Å². The van der Waals surface area contributed by atoms with Gasteiger partial charge in [0.2, 0.25) is 0 Å². The molecule has 27 heavy (non-hydrogen) atoms. The summed E-state index contributed by atoms with van der Waals surface area (Å²) in [5.41, 5.74) is 1.47. The Hall–Kier alpha value is -1.80. The normalized spacial score (nSPS) is 12.4. The molecule has 6 nitrogen and oxygen atoms in total. The van der Waals surface area contributed by atoms with E-state index in [-0.39, 0.29) is 23.8 Å². The molecule has 0 amide bonds. The van der Waals surface area contributed by atoms with E-state index in [1.165, 1.54) is 4.31 Å². The maximum Gasteiger partial charge on any atom is 0.264 e. The second-order valence-electron chi connectivity index (χ2n) is 6.61. The molecule has 0 bridgehead atoms. The fourth-order valence-electron chi connectivity index (χ4n) is 2.66. The fourth-order valence-corrected chi connectivity index (χ4v) is 4.16. The fraction of sp³-hybridized carbons (Fsp3) is 0.368. The predicted molar refractivity (Wildman–Crippen MR) is 102 cm³/mol. The number of aliphatic hydroxyl groups is 1. The number of hydrogen-bond donors (Lipinski definition) is 2. The molecule has 0 aliphatic rings. The van der Waals surface area contributed by atoms with Crippen molar-refractivity contribution in [2.24, 2.45) is 0 Å². The van der Waals surface area contributed by atoms with Gasteiger partial charge in [0.25, 0.3) is 10.0 Å². The van der Waals surface area contributed by atoms with Gasteiger partial charge in [0, 0.05) is 0 Å². The number of halogens is 1. The van der Waals surface area contributed by atoms with Gasteiger partial charge in [-0.2, -0.15) is 0 Å². The number of quaternary nitrogens is 1. The van der Waals surface area contributed by atoms with Crippen molar-refractivity contribution in [1.82, 2.24) is 0 Å². The smallest absolute Gasteiger partial charge is 0.264 e. The van der Waals surface area contributed by atoms with Crippen molar-refractivity contribution in [2.75, 3.05) is 38.6 Å². The molecule has 0 aliphatic carbocycles. The lowest BCUT2D eigenvalue weighted by atomic mass is 10.2. The van der Waals surface area contributed by atoms with Gasteiger partial charge in [-0.3, -0.25) is 4.31 Å². The number of hydrogen-bond acceptors (Lipinski definition) is 4. The van der Waals surface area contributed by atoms with Crippen molar-refractivity contribution in [3.8, 4) is 5.75 Å². The first-order valence-corrected chi connectivity index (χ1v) is 9.88. The largest absolute Gasteiger partial charge is 1.00 e. The lowest BCUT2D eigenvalue weighted by Crippen LogP contribution is -3.07. The Labute approximate surface area is 167 Å². The Kier molecular flexibility index (Phi) is 8.56. The first-order chi connectivity index (χ1) is 12.2. The minimum absolute atomic E-state index is 0. The molecule has 8 heteroatoms. The van der Waals surface area contributed by atoms with E-state index in [2.05, 4.69) is 0 Å². The number of likely N-dealkylation sites (N-methyl/N-ethyl adjacent to an activating group) is 1. The Morgan fingerprint density at radius 3 is 2.11 bits per heavy atom. The molecule has 1 atom stereocenters. The Balaban J connectivity index is 0.00000364. The highest BCUT2D eigenvalue weighted by molar-refractivity contribution is 7.92. The molecule has 150 valence electrons. The first-order valence-electron chi connectivity index (χ1n) is 8.44. The van der Waals surface area contributed by atoms with Crippen molar-refractivity contribution < 1.29 is 35.6 Å². The van der Waals surface area contributed by atoms with Crippen LogP contribution in [-0.2, 0) is 10.0 Å². The zero-order valence-corrected chi connectivity index (χ0v) is 17.6. The van der Waals surface area contributed by atoms with E-state index in [1.807, 2.05) is 21.0 Å². The molecule has 0 heterocycles. The van der Waals surface area contributed by atoms with E-state index in [1.54, 1.807) is 55.6 Å². The van der Waals surface area contributed by atoms with E-state index in [9.17, 15) is 13.5 Å². The number of sulfonamides is 1. The highest BCUT2D eigenvalue weighted by atomic mass is 35.5. The monoisotopic (exact) mass is 414 g/mol. The number of ether oxygens (including phenoxy) is 1. The quantitative estimate of drug-likeness (QED) is 0.510. The summed E-state index contributed by atoms with van der Waals surface area (Å²) in [5, 5.41) is 10.4. The lowest BCUT2D eigenvalue weighted by molar-refractivity contribution is -0.861. The maximum atomic E-state index is 13.2. The van der Waals surface area contributed by atoms with Crippen LogP contribution in [0.3, 0.4) is 0 Å². The molecular weight excluding hydrogens is 388 g/mol. The van der Waals surface area contributed by atoms with Crippen LogP contribution in [0.15, 0.2) is 53.4 Å². The topological polar surface area (TPSA) is 71.3 Å². The Morgan fingerprint density at radius 2 is 1.63 bits per heavy atom. The first kappa shape index (κ1) is 23.2. The van der Waals surface area contributed by atoms with Gasteiger partial charge in [0.1, 0.15) is 18.4 Å². The highest BCUT2D eigenvalue weighted by Gasteiger charge is 2.28. The number of rotatable bonds is 8. The van der Waals surface area contributed by atoms with E-state index in [4.69, 9.17) is 4.74 Å². The summed E-state index contributed by atoms with van der Waals surface area (Å²) in [6.07, 6.45) is -0.790. The molecule has 2 aromatic carbocycles. The summed E-state index contributed by atoms with van der Waals surface area (Å²) in [4.78, 5) is 1.24. The molecule has 0 saturated heterocycles. The summed E-state index contributed by atoms with van der Waals surface area (Å²) < 4.78 is 32.8. The van der Waals surface area contributed by atoms with Gasteiger partial charge in [-0.15, -0.1) is 0 Å². The van der Waals surface area contributed by atoms with Gasteiger partial charge in [0.15, 0.2) is 0 Å². The molecule has 2 aromatic rings. The Morgan fingerprint density at radius 1 is 1.07 bits per heavy atom. The molecule has 0 aliphatic heterocycles. The number of anilines is 1. The second kappa shape index (κ2) is 9.94. The molecule has 0 fully saturated rings. The number of aryl methyl sites for hydroxylation is 1. The van der Waals surface area contributed by atoms with E-state index in [0.717, 1.165) is 10.5 Å². The standard InChI is InChI=1S/C19H26N2O4S.ClH/c1-15-5-11-19(12-6-15)26(23,24)21(14-17(22)13-20(2)3)16-7-9-18(25-4)10-8-16;/h5-12,17,22H,13-14H2,1-4H3;1H. The molecule has 0 radical (unpaired) electrons. The van der Waals surface area contributed by atoms with Crippen LogP contribution in [0.5, 0.6) is 5.75 Å². The number of benzene rings is 2. The van der Waals surface area contributed by atoms with Crippen molar-refractivity contribution in [3.63, 3.8) is 0 Å². The summed E-state index contributed by atoms with van der Waals surface area (Å²) in [7, 11) is 1.58. The summed E-state index contributed by atoms with van der Waals surface area (Å²) in [6, 6.07) is 13.5. The van der Waals surface area contributed by atoms with Crippen LogP contribution < -0.4 is 26.3 Å². The van der Waals surface area contributed by atoms with Gasteiger partial charge >= 0.3 is 0 Å². The van der Waals surface area contributed by atoms with E-state index < -0.39 is 16.1 Å². The van der Waals surface area contributed by atoms with Crippen LogP contribution in [0.25, 0.3) is 0 Å².